The van der Waals surface area contributed by atoms with Gasteiger partial charge in [-0.3, -0.25) is 0 Å². The third-order valence-corrected chi connectivity index (χ3v) is 18.8. The van der Waals surface area contributed by atoms with Crippen molar-refractivity contribution in [3.8, 4) is 66.1 Å². The number of benzene rings is 10. The summed E-state index contributed by atoms with van der Waals surface area (Å²) in [6.45, 7) is 0. The van der Waals surface area contributed by atoms with Crippen LogP contribution < -0.4 is 9.47 Å². The van der Waals surface area contributed by atoms with Gasteiger partial charge in [-0.15, -0.1) is 22.7 Å². The van der Waals surface area contributed by atoms with Gasteiger partial charge in [-0.2, -0.15) is 0 Å². The molecule has 356 valence electrons. The Kier molecular flexibility index (Phi) is 8.70. The van der Waals surface area contributed by atoms with Gasteiger partial charge in [0, 0.05) is 74.4 Å². The highest BCUT2D eigenvalue weighted by atomic mass is 32.1. The summed E-state index contributed by atoms with van der Waals surface area (Å²) >= 11 is 3.74. The highest BCUT2D eigenvalue weighted by molar-refractivity contribution is 7.17. The van der Waals surface area contributed by atoms with E-state index >= 15 is 0 Å². The van der Waals surface area contributed by atoms with Gasteiger partial charge in [0.2, 0.25) is 0 Å². The quantitative estimate of drug-likeness (QED) is 0.176. The molecule has 76 heavy (non-hydrogen) atoms. The van der Waals surface area contributed by atoms with Crippen molar-refractivity contribution in [3.63, 3.8) is 0 Å². The minimum Gasteiger partial charge on any atom is -0.457 e. The van der Waals surface area contributed by atoms with E-state index < -0.39 is 10.8 Å². The first kappa shape index (κ1) is 42.2. The van der Waals surface area contributed by atoms with Crippen molar-refractivity contribution < 1.29 is 18.3 Å². The normalized spacial score (nSPS) is 14.2. The molecule has 1 aliphatic carbocycles. The number of hydrogen-bond donors (Lipinski definition) is 0. The zero-order valence-electron chi connectivity index (χ0n) is 40.5. The summed E-state index contributed by atoms with van der Waals surface area (Å²) in [6.07, 6.45) is 0. The van der Waals surface area contributed by atoms with Crippen molar-refractivity contribution in [2.75, 3.05) is 0 Å². The minimum atomic E-state index is -0.852. The van der Waals surface area contributed by atoms with Crippen LogP contribution in [0.3, 0.4) is 0 Å². The molecular weight excluding hydrogens is 969 g/mol. The lowest BCUT2D eigenvalue weighted by Crippen LogP contribution is -2.45. The van der Waals surface area contributed by atoms with Gasteiger partial charge in [-0.05, 0) is 106 Å². The van der Waals surface area contributed by atoms with Crippen LogP contribution in [0.25, 0.3) is 87.0 Å². The number of thiophene rings is 2. The van der Waals surface area contributed by atoms with Crippen LogP contribution in [0.5, 0.6) is 23.0 Å². The van der Waals surface area contributed by atoms with E-state index in [1.54, 1.807) is 0 Å². The first-order chi connectivity index (χ1) is 37.6. The fraction of sp³-hybridized carbons (Fsp3) is 0.0286. The monoisotopic (exact) mass is 1010 g/mol. The second-order valence-electron chi connectivity index (χ2n) is 20.1. The zero-order valence-corrected chi connectivity index (χ0v) is 42.2. The number of furan rings is 2. The second-order valence-corrected chi connectivity index (χ2v) is 22.2. The van der Waals surface area contributed by atoms with Crippen molar-refractivity contribution in [2.24, 2.45) is 0 Å². The molecule has 0 N–H and O–H groups in total. The maximum absolute atomic E-state index is 7.04. The summed E-state index contributed by atoms with van der Waals surface area (Å²) in [5.74, 6) is 3.34. The molecule has 0 unspecified atom stereocenters. The Hall–Kier alpha value is -9.20. The van der Waals surface area contributed by atoms with E-state index in [0.717, 1.165) is 132 Å². The third-order valence-electron chi connectivity index (χ3n) is 16.3. The van der Waals surface area contributed by atoms with Crippen molar-refractivity contribution in [1.29, 1.82) is 0 Å². The van der Waals surface area contributed by atoms with Gasteiger partial charge in [-0.25, -0.2) is 0 Å². The third kappa shape index (κ3) is 5.61. The molecule has 0 saturated heterocycles. The molecule has 2 spiro atoms. The predicted molar refractivity (Wildman–Crippen MR) is 309 cm³/mol. The van der Waals surface area contributed by atoms with Crippen LogP contribution in [0.2, 0.25) is 0 Å². The summed E-state index contributed by atoms with van der Waals surface area (Å²) in [4.78, 5) is 4.66. The highest BCUT2D eigenvalue weighted by Crippen LogP contribution is 2.70. The molecule has 4 nitrogen and oxygen atoms in total. The van der Waals surface area contributed by atoms with Crippen LogP contribution in [0.1, 0.15) is 43.1 Å². The fourth-order valence-electron chi connectivity index (χ4n) is 13.1. The first-order valence-corrected chi connectivity index (χ1v) is 27.3. The van der Waals surface area contributed by atoms with Crippen LogP contribution >= 0.6 is 22.7 Å². The molecule has 17 rings (SSSR count). The minimum absolute atomic E-state index is 0.834. The molecule has 0 bridgehead atoms. The van der Waals surface area contributed by atoms with Crippen molar-refractivity contribution in [2.45, 2.75) is 10.8 Å². The van der Waals surface area contributed by atoms with Gasteiger partial charge >= 0.3 is 0 Å². The molecule has 0 amide bonds. The number of para-hydroxylation sites is 6. The summed E-state index contributed by atoms with van der Waals surface area (Å²) in [5, 5.41) is 4.36. The molecule has 6 heterocycles. The SMILES string of the molecule is c1ccc(-c2cc(-c3cc4c(s3)C3(c5ccccc5Oc5ccccc53)c3cc(-c5cc(-c6ccccc6)cc6c5oc5ccccc56)sc3C43c4ccccc4Oc4ccccc43)c3oc4ccccc4c3c2)cc1. The number of rotatable bonds is 4. The fourth-order valence-corrected chi connectivity index (χ4v) is 16.0. The number of fused-ring (bicyclic) bond motifs is 20. The van der Waals surface area contributed by atoms with E-state index in [4.69, 9.17) is 18.3 Å². The van der Waals surface area contributed by atoms with E-state index in [9.17, 15) is 0 Å². The summed E-state index contributed by atoms with van der Waals surface area (Å²) < 4.78 is 28.1. The Labute approximate surface area is 444 Å². The molecule has 0 atom stereocenters. The Bertz CT molecular complexity index is 4290. The van der Waals surface area contributed by atoms with Gasteiger partial charge < -0.3 is 18.3 Å². The molecule has 10 aromatic carbocycles. The van der Waals surface area contributed by atoms with Crippen LogP contribution in [0.4, 0.5) is 0 Å². The molecule has 0 saturated carbocycles. The number of hydrogen-bond acceptors (Lipinski definition) is 6. The Morgan fingerprint density at radius 1 is 0.276 bits per heavy atom. The zero-order chi connectivity index (χ0) is 49.7. The molecule has 2 aliphatic heterocycles. The van der Waals surface area contributed by atoms with Crippen LogP contribution in [0.15, 0.2) is 251 Å². The van der Waals surface area contributed by atoms with Crippen LogP contribution in [-0.4, -0.2) is 0 Å². The largest absolute Gasteiger partial charge is 0.457 e. The van der Waals surface area contributed by atoms with Crippen LogP contribution in [-0.2, 0) is 10.8 Å². The molecule has 0 radical (unpaired) electrons. The lowest BCUT2D eigenvalue weighted by molar-refractivity contribution is 0.418. The first-order valence-electron chi connectivity index (χ1n) is 25.7. The Balaban J connectivity index is 1.06. The van der Waals surface area contributed by atoms with Gasteiger partial charge in [0.1, 0.15) is 45.3 Å². The lowest BCUT2D eigenvalue weighted by Gasteiger charge is -2.50. The predicted octanol–water partition coefficient (Wildman–Crippen LogP) is 19.6. The molecule has 0 fully saturated rings. The summed E-state index contributed by atoms with van der Waals surface area (Å²) in [5.41, 5.74) is 15.2. The van der Waals surface area contributed by atoms with Gasteiger partial charge in [0.05, 0.1) is 10.8 Å². The van der Waals surface area contributed by atoms with E-state index in [0.29, 0.717) is 0 Å². The van der Waals surface area contributed by atoms with Crippen molar-refractivity contribution in [3.05, 3.63) is 286 Å². The summed E-state index contributed by atoms with van der Waals surface area (Å²) in [7, 11) is 0. The molecule has 14 aromatic rings. The molecule has 4 aromatic heterocycles. The molecule has 3 aliphatic rings. The molecule has 6 heteroatoms. The van der Waals surface area contributed by atoms with Crippen molar-refractivity contribution in [1.82, 2.24) is 0 Å². The summed E-state index contributed by atoms with van der Waals surface area (Å²) in [6, 6.07) is 87.4. The van der Waals surface area contributed by atoms with Crippen molar-refractivity contribution >= 4 is 66.6 Å². The van der Waals surface area contributed by atoms with E-state index in [-0.39, 0.29) is 0 Å². The van der Waals surface area contributed by atoms with Gasteiger partial charge in [0.25, 0.3) is 0 Å². The smallest absolute Gasteiger partial charge is 0.144 e. The molecular formula is C70H40O4S2. The van der Waals surface area contributed by atoms with Gasteiger partial charge in [0.15, 0.2) is 0 Å². The Morgan fingerprint density at radius 3 is 1.01 bits per heavy atom. The maximum atomic E-state index is 7.04. The van der Waals surface area contributed by atoms with E-state index in [1.807, 2.05) is 22.7 Å². The topological polar surface area (TPSA) is 44.7 Å². The van der Waals surface area contributed by atoms with E-state index in [2.05, 4.69) is 243 Å². The van der Waals surface area contributed by atoms with E-state index in [1.165, 1.54) is 20.9 Å². The highest BCUT2D eigenvalue weighted by Gasteiger charge is 2.61. The average Bonchev–Trinajstić information content (AvgIpc) is 4.47. The van der Waals surface area contributed by atoms with Crippen LogP contribution in [0, 0.1) is 0 Å². The Morgan fingerprint density at radius 2 is 0.618 bits per heavy atom. The maximum Gasteiger partial charge on any atom is 0.144 e. The number of ether oxygens (including phenoxy) is 2. The standard InChI is InChI=1S/C70H40O4S2/c1-3-19-41(20-4-1)43-35-47-45-23-7-13-29-57(45)73-65(47)49(37-43)63-39-55-67(75-63)70(53-27-11-17-33-61(53)72-62-34-18-12-28-54(62)70)56-40-64(76-68(56)69(55)51-25-9-15-31-59(51)71-60-32-16-10-26-52(60)69)50-38-44(42-21-5-2-6-22-42)36-48-46-24-8-14-30-58(46)74-66(48)50/h1-40H. The second kappa shape index (κ2) is 15.7. The van der Waals surface area contributed by atoms with Gasteiger partial charge in [-0.1, -0.05) is 170 Å². The lowest BCUT2D eigenvalue weighted by atomic mass is 9.54. The average molecular weight is 1010 g/mol.